The van der Waals surface area contributed by atoms with Crippen molar-refractivity contribution in [3.05, 3.63) is 65.7 Å². The van der Waals surface area contributed by atoms with Gasteiger partial charge in [0.05, 0.1) is 4.90 Å². The van der Waals surface area contributed by atoms with Crippen molar-refractivity contribution < 1.29 is 18.0 Å². The van der Waals surface area contributed by atoms with Crippen LogP contribution in [0.3, 0.4) is 0 Å². The zero-order chi connectivity index (χ0) is 20.1. The minimum atomic E-state index is -3.53. The van der Waals surface area contributed by atoms with E-state index in [9.17, 15) is 18.0 Å². The average molecular weight is 401 g/mol. The van der Waals surface area contributed by atoms with Crippen LogP contribution < -0.4 is 11.1 Å². The second-order valence-corrected chi connectivity index (χ2v) is 8.69. The van der Waals surface area contributed by atoms with Crippen LogP contribution in [0.4, 0.5) is 0 Å². The molecule has 148 valence electrons. The van der Waals surface area contributed by atoms with Gasteiger partial charge in [-0.05, 0) is 42.7 Å². The van der Waals surface area contributed by atoms with Crippen molar-refractivity contribution in [3.63, 3.8) is 0 Å². The number of rotatable bonds is 7. The molecule has 8 heteroatoms. The van der Waals surface area contributed by atoms with Gasteiger partial charge < -0.3 is 11.1 Å². The van der Waals surface area contributed by atoms with Crippen molar-refractivity contribution in [2.75, 3.05) is 13.1 Å². The summed E-state index contributed by atoms with van der Waals surface area (Å²) in [6.45, 7) is 1.04. The van der Waals surface area contributed by atoms with Gasteiger partial charge in [0.25, 0.3) is 5.91 Å². The first-order valence-corrected chi connectivity index (χ1v) is 10.6. The normalized spacial score (nSPS) is 15.9. The molecule has 3 N–H and O–H groups in total. The molecule has 1 aliphatic rings. The molecular weight excluding hydrogens is 378 g/mol. The number of nitrogens with two attached hydrogens (primary N) is 1. The second-order valence-electron chi connectivity index (χ2n) is 6.75. The van der Waals surface area contributed by atoms with E-state index in [-0.39, 0.29) is 16.9 Å². The van der Waals surface area contributed by atoms with E-state index in [1.807, 2.05) is 30.3 Å². The highest BCUT2D eigenvalue weighted by atomic mass is 32.2. The lowest BCUT2D eigenvalue weighted by Crippen LogP contribution is -2.45. The Hall–Kier alpha value is -2.71. The minimum absolute atomic E-state index is 0.154. The summed E-state index contributed by atoms with van der Waals surface area (Å²) in [5, 5.41) is 2.62. The predicted octanol–water partition coefficient (Wildman–Crippen LogP) is 1.30. The first-order valence-electron chi connectivity index (χ1n) is 9.12. The first kappa shape index (κ1) is 20.0. The third-order valence-electron chi connectivity index (χ3n) is 4.75. The fourth-order valence-electron chi connectivity index (χ4n) is 3.17. The number of nitrogens with one attached hydrogen (secondary N) is 1. The van der Waals surface area contributed by atoms with Crippen LogP contribution in [-0.4, -0.2) is 43.7 Å². The Morgan fingerprint density at radius 2 is 1.61 bits per heavy atom. The van der Waals surface area contributed by atoms with Crippen molar-refractivity contribution in [2.45, 2.75) is 30.2 Å². The molecule has 2 aromatic rings. The lowest BCUT2D eigenvalue weighted by atomic mass is 10.0. The van der Waals surface area contributed by atoms with Crippen LogP contribution in [0.2, 0.25) is 0 Å². The SMILES string of the molecule is NC(=O)[C@H](Cc1ccccc1)NC(=O)c1ccc(S(=O)(=O)N2CCCC2)cc1. The number of primary amides is 1. The van der Waals surface area contributed by atoms with E-state index in [0.717, 1.165) is 18.4 Å². The molecule has 2 amide bonds. The standard InChI is InChI=1S/C20H23N3O4S/c21-19(24)18(14-15-6-2-1-3-7-15)22-20(25)16-8-10-17(11-9-16)28(26,27)23-12-4-5-13-23/h1-3,6-11,18H,4-5,12-14H2,(H2,21,24)(H,22,25)/t18-/m0/s1. The van der Waals surface area contributed by atoms with Gasteiger partial charge >= 0.3 is 0 Å². The van der Waals surface area contributed by atoms with E-state index in [2.05, 4.69) is 5.32 Å². The Balaban J connectivity index is 1.70. The third kappa shape index (κ3) is 4.58. The maximum Gasteiger partial charge on any atom is 0.251 e. The van der Waals surface area contributed by atoms with Crippen molar-refractivity contribution in [1.29, 1.82) is 0 Å². The molecule has 1 saturated heterocycles. The summed E-state index contributed by atoms with van der Waals surface area (Å²) in [7, 11) is -3.53. The maximum atomic E-state index is 12.6. The highest BCUT2D eigenvalue weighted by molar-refractivity contribution is 7.89. The predicted molar refractivity (Wildman–Crippen MR) is 105 cm³/mol. The molecule has 28 heavy (non-hydrogen) atoms. The molecule has 1 aliphatic heterocycles. The van der Waals surface area contributed by atoms with Crippen LogP contribution in [0.15, 0.2) is 59.5 Å². The second kappa shape index (κ2) is 8.53. The molecule has 7 nitrogen and oxygen atoms in total. The number of sulfonamides is 1. The van der Waals surface area contributed by atoms with Crippen LogP contribution in [0, 0.1) is 0 Å². The van der Waals surface area contributed by atoms with Gasteiger partial charge in [0.1, 0.15) is 6.04 Å². The van der Waals surface area contributed by atoms with E-state index < -0.39 is 27.9 Å². The molecule has 1 fully saturated rings. The summed E-state index contributed by atoms with van der Waals surface area (Å²) in [6.07, 6.45) is 1.99. The van der Waals surface area contributed by atoms with Crippen LogP contribution in [0.25, 0.3) is 0 Å². The molecule has 0 saturated carbocycles. The summed E-state index contributed by atoms with van der Waals surface area (Å²) in [6, 6.07) is 14.1. The summed E-state index contributed by atoms with van der Waals surface area (Å²) >= 11 is 0. The van der Waals surface area contributed by atoms with E-state index >= 15 is 0 Å². The van der Waals surface area contributed by atoms with Crippen LogP contribution in [0.1, 0.15) is 28.8 Å². The summed E-state index contributed by atoms with van der Waals surface area (Å²) in [4.78, 5) is 24.4. The number of carbonyl (C=O) groups excluding carboxylic acids is 2. The lowest BCUT2D eigenvalue weighted by Gasteiger charge is -2.17. The number of carbonyl (C=O) groups is 2. The van der Waals surface area contributed by atoms with Crippen LogP contribution in [0.5, 0.6) is 0 Å². The van der Waals surface area contributed by atoms with Crippen LogP contribution >= 0.6 is 0 Å². The summed E-state index contributed by atoms with van der Waals surface area (Å²) in [5.41, 5.74) is 6.56. The monoisotopic (exact) mass is 401 g/mol. The Labute approximate surface area is 164 Å². The molecular formula is C20H23N3O4S. The first-order chi connectivity index (χ1) is 13.4. The number of benzene rings is 2. The molecule has 0 bridgehead atoms. The smallest absolute Gasteiger partial charge is 0.251 e. The van der Waals surface area contributed by atoms with Crippen molar-refractivity contribution in [3.8, 4) is 0 Å². The fraction of sp³-hybridized carbons (Fsp3) is 0.300. The quantitative estimate of drug-likeness (QED) is 0.729. The molecule has 0 radical (unpaired) electrons. The topological polar surface area (TPSA) is 110 Å². The van der Waals surface area contributed by atoms with Gasteiger partial charge in [0.2, 0.25) is 15.9 Å². The van der Waals surface area contributed by atoms with Gasteiger partial charge in [0.15, 0.2) is 0 Å². The number of nitrogens with zero attached hydrogens (tertiary/aromatic N) is 1. The maximum absolute atomic E-state index is 12.6. The molecule has 3 rings (SSSR count). The third-order valence-corrected chi connectivity index (χ3v) is 6.66. The molecule has 2 aromatic carbocycles. The van der Waals surface area contributed by atoms with E-state index in [1.54, 1.807) is 0 Å². The van der Waals surface area contributed by atoms with Gasteiger partial charge in [-0.15, -0.1) is 0 Å². The van der Waals surface area contributed by atoms with Crippen molar-refractivity contribution in [1.82, 2.24) is 9.62 Å². The number of hydrogen-bond donors (Lipinski definition) is 2. The molecule has 0 aromatic heterocycles. The molecule has 0 aliphatic carbocycles. The zero-order valence-electron chi connectivity index (χ0n) is 15.4. The number of hydrogen-bond acceptors (Lipinski definition) is 4. The van der Waals surface area contributed by atoms with Crippen molar-refractivity contribution in [2.24, 2.45) is 5.73 Å². The molecule has 0 spiro atoms. The highest BCUT2D eigenvalue weighted by Crippen LogP contribution is 2.21. The van der Waals surface area contributed by atoms with Crippen LogP contribution in [-0.2, 0) is 21.2 Å². The molecule has 0 unspecified atom stereocenters. The van der Waals surface area contributed by atoms with Gasteiger partial charge in [-0.2, -0.15) is 4.31 Å². The highest BCUT2D eigenvalue weighted by Gasteiger charge is 2.27. The Bertz CT molecular complexity index is 937. The van der Waals surface area contributed by atoms with E-state index in [0.29, 0.717) is 13.1 Å². The summed E-state index contributed by atoms with van der Waals surface area (Å²) < 4.78 is 26.5. The fourth-order valence-corrected chi connectivity index (χ4v) is 4.69. The van der Waals surface area contributed by atoms with Crippen molar-refractivity contribution >= 4 is 21.8 Å². The summed E-state index contributed by atoms with van der Waals surface area (Å²) in [5.74, 6) is -1.12. The Morgan fingerprint density at radius 1 is 1.00 bits per heavy atom. The average Bonchev–Trinajstić information content (AvgIpc) is 3.24. The lowest BCUT2D eigenvalue weighted by molar-refractivity contribution is -0.119. The van der Waals surface area contributed by atoms with E-state index in [1.165, 1.54) is 28.6 Å². The zero-order valence-corrected chi connectivity index (χ0v) is 16.2. The van der Waals surface area contributed by atoms with Gasteiger partial charge in [-0.25, -0.2) is 8.42 Å². The largest absolute Gasteiger partial charge is 0.368 e. The minimum Gasteiger partial charge on any atom is -0.368 e. The molecule has 1 heterocycles. The molecule has 1 atom stereocenters. The van der Waals surface area contributed by atoms with Gasteiger partial charge in [-0.3, -0.25) is 9.59 Å². The van der Waals surface area contributed by atoms with Gasteiger partial charge in [-0.1, -0.05) is 30.3 Å². The Kier molecular flexibility index (Phi) is 6.11. The van der Waals surface area contributed by atoms with E-state index in [4.69, 9.17) is 5.73 Å². The van der Waals surface area contributed by atoms with Gasteiger partial charge in [0, 0.05) is 25.1 Å². The Morgan fingerprint density at radius 3 is 2.18 bits per heavy atom. The number of amides is 2.